The Kier molecular flexibility index (Phi) is 9.56. The van der Waals surface area contributed by atoms with E-state index in [2.05, 4.69) is 16.0 Å². The Labute approximate surface area is 135 Å². The molecule has 9 heteroatoms. The molecule has 0 heterocycles. The zero-order valence-corrected chi connectivity index (χ0v) is 13.8. The Balaban J connectivity index is 5.00. The standard InChI is InChI=1S/C14H27N5O4/c1-4-6-9(12(16)21)18-14(23)10(7-11(15)20)19-13(22)8(5-2)17-3/h8-10,17H,4-7H2,1-3H3,(H2,15,20)(H2,16,21)(H,18,23)(H,19,22). The first kappa shape index (κ1) is 20.8. The average molecular weight is 329 g/mol. The van der Waals surface area contributed by atoms with Gasteiger partial charge in [0.15, 0.2) is 0 Å². The molecule has 132 valence electrons. The van der Waals surface area contributed by atoms with Crippen LogP contribution in [0.15, 0.2) is 0 Å². The molecule has 4 amide bonds. The summed E-state index contributed by atoms with van der Waals surface area (Å²) in [5.41, 5.74) is 10.3. The first-order valence-electron chi connectivity index (χ1n) is 7.62. The summed E-state index contributed by atoms with van der Waals surface area (Å²) < 4.78 is 0. The van der Waals surface area contributed by atoms with Crippen LogP contribution in [0.4, 0.5) is 0 Å². The largest absolute Gasteiger partial charge is 0.370 e. The van der Waals surface area contributed by atoms with Gasteiger partial charge in [0, 0.05) is 0 Å². The van der Waals surface area contributed by atoms with Gasteiger partial charge in [0.2, 0.25) is 23.6 Å². The third-order valence-electron chi connectivity index (χ3n) is 3.35. The van der Waals surface area contributed by atoms with Crippen molar-refractivity contribution < 1.29 is 19.2 Å². The number of hydrogen-bond donors (Lipinski definition) is 5. The van der Waals surface area contributed by atoms with Crippen LogP contribution in [-0.2, 0) is 19.2 Å². The van der Waals surface area contributed by atoms with Gasteiger partial charge in [0.25, 0.3) is 0 Å². The van der Waals surface area contributed by atoms with Gasteiger partial charge < -0.3 is 27.4 Å². The molecule has 0 aliphatic rings. The molecule has 23 heavy (non-hydrogen) atoms. The predicted octanol–water partition coefficient (Wildman–Crippen LogP) is -1.89. The topological polar surface area (TPSA) is 156 Å². The number of nitrogens with two attached hydrogens (primary N) is 2. The van der Waals surface area contributed by atoms with Gasteiger partial charge in [-0.3, -0.25) is 19.2 Å². The van der Waals surface area contributed by atoms with E-state index in [1.165, 1.54) is 0 Å². The highest BCUT2D eigenvalue weighted by atomic mass is 16.2. The van der Waals surface area contributed by atoms with Crippen LogP contribution in [-0.4, -0.2) is 48.8 Å². The highest BCUT2D eigenvalue weighted by Gasteiger charge is 2.28. The monoisotopic (exact) mass is 329 g/mol. The fraction of sp³-hybridized carbons (Fsp3) is 0.714. The predicted molar refractivity (Wildman–Crippen MR) is 84.9 cm³/mol. The van der Waals surface area contributed by atoms with Crippen LogP contribution in [0.5, 0.6) is 0 Å². The van der Waals surface area contributed by atoms with Crippen LogP contribution >= 0.6 is 0 Å². The van der Waals surface area contributed by atoms with Gasteiger partial charge in [0.1, 0.15) is 12.1 Å². The van der Waals surface area contributed by atoms with Crippen LogP contribution in [0.2, 0.25) is 0 Å². The van der Waals surface area contributed by atoms with Gasteiger partial charge in [-0.1, -0.05) is 20.3 Å². The smallest absolute Gasteiger partial charge is 0.243 e. The van der Waals surface area contributed by atoms with Crippen molar-refractivity contribution >= 4 is 23.6 Å². The fourth-order valence-electron chi connectivity index (χ4n) is 2.05. The third kappa shape index (κ3) is 7.59. The van der Waals surface area contributed by atoms with E-state index in [-0.39, 0.29) is 6.42 Å². The van der Waals surface area contributed by atoms with Gasteiger partial charge in [-0.2, -0.15) is 0 Å². The number of amides is 4. The lowest BCUT2D eigenvalue weighted by Crippen LogP contribution is -2.56. The SMILES string of the molecule is CCCC(NC(=O)C(CC(N)=O)NC(=O)C(CC)NC)C(N)=O. The zero-order valence-electron chi connectivity index (χ0n) is 13.8. The summed E-state index contributed by atoms with van der Waals surface area (Å²) in [6.07, 6.45) is 1.15. The second-order valence-electron chi connectivity index (χ2n) is 5.23. The summed E-state index contributed by atoms with van der Waals surface area (Å²) in [6.45, 7) is 3.64. The summed E-state index contributed by atoms with van der Waals surface area (Å²) in [5, 5.41) is 7.71. The molecule has 0 aromatic rings. The van der Waals surface area contributed by atoms with E-state index in [1.54, 1.807) is 14.0 Å². The molecular weight excluding hydrogens is 302 g/mol. The molecular formula is C14H27N5O4. The van der Waals surface area contributed by atoms with Crippen LogP contribution in [0, 0.1) is 0 Å². The second kappa shape index (κ2) is 10.5. The third-order valence-corrected chi connectivity index (χ3v) is 3.35. The molecule has 0 radical (unpaired) electrons. The minimum Gasteiger partial charge on any atom is -0.370 e. The van der Waals surface area contributed by atoms with E-state index in [0.29, 0.717) is 19.3 Å². The maximum absolute atomic E-state index is 12.2. The Morgan fingerprint density at radius 2 is 1.43 bits per heavy atom. The molecule has 0 spiro atoms. The number of rotatable bonds is 11. The Bertz CT molecular complexity index is 437. The molecule has 3 atom stereocenters. The second-order valence-corrected chi connectivity index (χ2v) is 5.23. The van der Waals surface area contributed by atoms with Gasteiger partial charge in [-0.15, -0.1) is 0 Å². The Morgan fingerprint density at radius 1 is 0.913 bits per heavy atom. The molecule has 0 saturated carbocycles. The van der Waals surface area contributed by atoms with Crippen molar-refractivity contribution in [2.75, 3.05) is 7.05 Å². The lowest BCUT2D eigenvalue weighted by Gasteiger charge is -2.23. The summed E-state index contributed by atoms with van der Waals surface area (Å²) >= 11 is 0. The molecule has 0 aliphatic heterocycles. The van der Waals surface area contributed by atoms with Crippen LogP contribution in [0.1, 0.15) is 39.5 Å². The highest BCUT2D eigenvalue weighted by molar-refractivity contribution is 5.95. The van der Waals surface area contributed by atoms with Crippen molar-refractivity contribution in [1.29, 1.82) is 0 Å². The van der Waals surface area contributed by atoms with Crippen LogP contribution < -0.4 is 27.4 Å². The Morgan fingerprint density at radius 3 is 1.83 bits per heavy atom. The summed E-state index contributed by atoms with van der Waals surface area (Å²) in [5.74, 6) is -2.51. The van der Waals surface area contributed by atoms with E-state index in [4.69, 9.17) is 11.5 Å². The van der Waals surface area contributed by atoms with Gasteiger partial charge >= 0.3 is 0 Å². The molecule has 0 aliphatic carbocycles. The maximum atomic E-state index is 12.2. The van der Waals surface area contributed by atoms with Crippen LogP contribution in [0.25, 0.3) is 0 Å². The lowest BCUT2D eigenvalue weighted by molar-refractivity contribution is -0.133. The number of hydrogen-bond acceptors (Lipinski definition) is 5. The quantitative estimate of drug-likeness (QED) is 0.300. The molecule has 0 rings (SSSR count). The molecule has 3 unspecified atom stereocenters. The number of carbonyl (C=O) groups is 4. The first-order valence-corrected chi connectivity index (χ1v) is 7.62. The normalized spacial score (nSPS) is 14.4. The number of carbonyl (C=O) groups excluding carboxylic acids is 4. The fourth-order valence-corrected chi connectivity index (χ4v) is 2.05. The number of nitrogens with one attached hydrogen (secondary N) is 3. The van der Waals surface area contributed by atoms with Crippen molar-refractivity contribution in [3.05, 3.63) is 0 Å². The minimum atomic E-state index is -1.15. The van der Waals surface area contributed by atoms with Gasteiger partial charge in [0.05, 0.1) is 12.5 Å². The number of primary amides is 2. The summed E-state index contributed by atoms with van der Waals surface area (Å²) in [7, 11) is 1.61. The van der Waals surface area contributed by atoms with Gasteiger partial charge in [-0.25, -0.2) is 0 Å². The Hall–Kier alpha value is -2.16. The van der Waals surface area contributed by atoms with E-state index < -0.39 is 41.8 Å². The van der Waals surface area contributed by atoms with Crippen molar-refractivity contribution in [3.63, 3.8) is 0 Å². The summed E-state index contributed by atoms with van der Waals surface area (Å²) in [4.78, 5) is 46.7. The van der Waals surface area contributed by atoms with Crippen molar-refractivity contribution in [1.82, 2.24) is 16.0 Å². The van der Waals surface area contributed by atoms with Crippen molar-refractivity contribution in [2.24, 2.45) is 11.5 Å². The zero-order chi connectivity index (χ0) is 18.0. The van der Waals surface area contributed by atoms with Crippen LogP contribution in [0.3, 0.4) is 0 Å². The molecule has 0 aromatic heterocycles. The van der Waals surface area contributed by atoms with Crippen molar-refractivity contribution in [3.8, 4) is 0 Å². The molecule has 7 N–H and O–H groups in total. The van der Waals surface area contributed by atoms with Crippen molar-refractivity contribution in [2.45, 2.75) is 57.7 Å². The molecule has 0 fully saturated rings. The maximum Gasteiger partial charge on any atom is 0.243 e. The van der Waals surface area contributed by atoms with E-state index >= 15 is 0 Å². The average Bonchev–Trinajstić information content (AvgIpc) is 2.46. The summed E-state index contributed by atoms with van der Waals surface area (Å²) in [6, 6.07) is -2.51. The number of likely N-dealkylation sites (N-methyl/N-ethyl adjacent to an activating group) is 1. The molecule has 9 nitrogen and oxygen atoms in total. The van der Waals surface area contributed by atoms with E-state index in [9.17, 15) is 19.2 Å². The van der Waals surface area contributed by atoms with E-state index in [1.807, 2.05) is 6.92 Å². The first-order chi connectivity index (χ1) is 10.8. The van der Waals surface area contributed by atoms with E-state index in [0.717, 1.165) is 0 Å². The molecule has 0 aromatic carbocycles. The molecule has 0 bridgehead atoms. The molecule has 0 saturated heterocycles. The minimum absolute atomic E-state index is 0.366. The lowest BCUT2D eigenvalue weighted by atomic mass is 10.1. The van der Waals surface area contributed by atoms with Gasteiger partial charge in [-0.05, 0) is 19.9 Å². The highest BCUT2D eigenvalue weighted by Crippen LogP contribution is 2.00.